The fraction of sp³-hybridized carbons (Fsp3) is 0.263. The quantitative estimate of drug-likeness (QED) is 0.462. The van der Waals surface area contributed by atoms with Gasteiger partial charge in [-0.15, -0.1) is 0 Å². The maximum Gasteiger partial charge on any atom is 0.220 e. The third kappa shape index (κ3) is 3.50. The number of nitrogens with zero attached hydrogens (tertiary/aromatic N) is 4. The number of H-pyrrole nitrogens is 1. The maximum absolute atomic E-state index is 11.7. The van der Waals surface area contributed by atoms with Crippen LogP contribution in [0.4, 0.5) is 5.82 Å². The van der Waals surface area contributed by atoms with Crippen molar-refractivity contribution in [3.05, 3.63) is 47.1 Å². The van der Waals surface area contributed by atoms with Crippen LogP contribution in [0.15, 0.2) is 30.9 Å². The molecule has 4 aromatic rings. The Bertz CT molecular complexity index is 1160. The van der Waals surface area contributed by atoms with Gasteiger partial charge < -0.3 is 20.6 Å². The zero-order valence-corrected chi connectivity index (χ0v) is 16.1. The van der Waals surface area contributed by atoms with Crippen LogP contribution in [0.3, 0.4) is 0 Å². The summed E-state index contributed by atoms with van der Waals surface area (Å²) < 4.78 is 1.90. The first-order chi connectivity index (χ1) is 13.5. The van der Waals surface area contributed by atoms with E-state index in [2.05, 4.69) is 25.3 Å². The molecule has 9 heteroatoms. The van der Waals surface area contributed by atoms with E-state index in [0.717, 1.165) is 28.6 Å². The Hall–Kier alpha value is -3.13. The smallest absolute Gasteiger partial charge is 0.220 e. The summed E-state index contributed by atoms with van der Waals surface area (Å²) in [5, 5.41) is 4.55. The summed E-state index contributed by atoms with van der Waals surface area (Å²) in [6.45, 7) is 2.95. The van der Waals surface area contributed by atoms with Crippen molar-refractivity contribution in [2.24, 2.45) is 0 Å². The molecule has 1 aromatic carbocycles. The molecular formula is C19H20ClN7O. The van der Waals surface area contributed by atoms with Crippen LogP contribution >= 0.6 is 11.6 Å². The average molecular weight is 398 g/mol. The number of carbonyl (C=O) groups is 1. The molecule has 0 spiro atoms. The maximum atomic E-state index is 11.7. The second-order valence-electron chi connectivity index (χ2n) is 6.65. The third-order valence-corrected chi connectivity index (χ3v) is 4.77. The summed E-state index contributed by atoms with van der Waals surface area (Å²) in [6.07, 6.45) is 4.47. The van der Waals surface area contributed by atoms with E-state index >= 15 is 0 Å². The van der Waals surface area contributed by atoms with Crippen LogP contribution in [0, 0.1) is 0 Å². The summed E-state index contributed by atoms with van der Waals surface area (Å²) in [6, 6.07) is 5.82. The van der Waals surface area contributed by atoms with Gasteiger partial charge in [-0.2, -0.15) is 0 Å². The van der Waals surface area contributed by atoms with Crippen LogP contribution < -0.4 is 11.1 Å². The Balaban J connectivity index is 1.66. The van der Waals surface area contributed by atoms with Gasteiger partial charge in [0, 0.05) is 22.5 Å². The first-order valence-electron chi connectivity index (χ1n) is 9.03. The van der Waals surface area contributed by atoms with Crippen molar-refractivity contribution in [3.63, 3.8) is 0 Å². The van der Waals surface area contributed by atoms with E-state index < -0.39 is 0 Å². The van der Waals surface area contributed by atoms with Gasteiger partial charge >= 0.3 is 0 Å². The van der Waals surface area contributed by atoms with Gasteiger partial charge in [-0.25, -0.2) is 15.0 Å². The van der Waals surface area contributed by atoms with E-state index in [1.54, 1.807) is 6.33 Å². The zero-order valence-electron chi connectivity index (χ0n) is 15.4. The summed E-state index contributed by atoms with van der Waals surface area (Å²) in [4.78, 5) is 27.7. The topological polar surface area (TPSA) is 115 Å². The van der Waals surface area contributed by atoms with E-state index in [-0.39, 0.29) is 5.91 Å². The Morgan fingerprint density at radius 3 is 2.96 bits per heavy atom. The molecule has 0 atom stereocenters. The zero-order chi connectivity index (χ0) is 19.7. The van der Waals surface area contributed by atoms with E-state index in [1.165, 1.54) is 6.33 Å². The third-order valence-electron chi connectivity index (χ3n) is 4.55. The van der Waals surface area contributed by atoms with Crippen LogP contribution in [0.5, 0.6) is 0 Å². The number of benzene rings is 1. The Labute approximate surface area is 166 Å². The highest BCUT2D eigenvalue weighted by atomic mass is 35.5. The molecule has 0 aliphatic carbocycles. The number of amides is 1. The summed E-state index contributed by atoms with van der Waals surface area (Å²) in [5.41, 5.74) is 9.99. The number of imidazole rings is 1. The monoisotopic (exact) mass is 397 g/mol. The van der Waals surface area contributed by atoms with Crippen molar-refractivity contribution in [2.75, 3.05) is 5.73 Å². The number of rotatable bonds is 6. The predicted molar refractivity (Wildman–Crippen MR) is 109 cm³/mol. The number of aromatic nitrogens is 5. The summed E-state index contributed by atoms with van der Waals surface area (Å²) >= 11 is 6.33. The van der Waals surface area contributed by atoms with Crippen molar-refractivity contribution in [1.82, 2.24) is 29.8 Å². The van der Waals surface area contributed by atoms with E-state index in [0.29, 0.717) is 41.5 Å². The minimum Gasteiger partial charge on any atom is -0.382 e. The van der Waals surface area contributed by atoms with Crippen molar-refractivity contribution in [1.29, 1.82) is 0 Å². The van der Waals surface area contributed by atoms with Gasteiger partial charge in [0.1, 0.15) is 11.8 Å². The second kappa shape index (κ2) is 7.47. The molecule has 144 valence electrons. The highest BCUT2D eigenvalue weighted by Crippen LogP contribution is 2.26. The Kier molecular flexibility index (Phi) is 4.87. The van der Waals surface area contributed by atoms with Gasteiger partial charge in [-0.1, -0.05) is 18.5 Å². The van der Waals surface area contributed by atoms with Crippen molar-refractivity contribution in [2.45, 2.75) is 32.9 Å². The number of nitrogens with two attached hydrogens (primary N) is 1. The minimum atomic E-state index is 0.0431. The summed E-state index contributed by atoms with van der Waals surface area (Å²) in [5.74, 6) is 0.395. The average Bonchev–Trinajstić information content (AvgIpc) is 3.25. The Morgan fingerprint density at radius 2 is 2.14 bits per heavy atom. The standard InChI is InChI=1S/C19H20ClN7O/c1-2-3-15(28)22-7-14-6-11-4-13(20)5-12(16(11)26-14)8-27-10-25-17-18(21)23-9-24-19(17)27/h4-6,9-10,26H,2-3,7-8H2,1H3,(H,22,28)(H2,21,23,24). The second-order valence-corrected chi connectivity index (χ2v) is 7.09. The van der Waals surface area contributed by atoms with E-state index in [4.69, 9.17) is 17.3 Å². The molecule has 4 N–H and O–H groups in total. The van der Waals surface area contributed by atoms with Gasteiger partial charge in [0.2, 0.25) is 5.91 Å². The lowest BCUT2D eigenvalue weighted by atomic mass is 10.1. The molecule has 8 nitrogen and oxygen atoms in total. The number of anilines is 1. The fourth-order valence-electron chi connectivity index (χ4n) is 3.26. The molecule has 28 heavy (non-hydrogen) atoms. The molecule has 3 heterocycles. The highest BCUT2D eigenvalue weighted by Gasteiger charge is 2.12. The molecule has 0 fully saturated rings. The molecule has 0 radical (unpaired) electrons. The molecular weight excluding hydrogens is 378 g/mol. The van der Waals surface area contributed by atoms with Crippen molar-refractivity contribution >= 4 is 45.4 Å². The predicted octanol–water partition coefficient (Wildman–Crippen LogP) is 3.01. The van der Waals surface area contributed by atoms with Crippen molar-refractivity contribution in [3.8, 4) is 0 Å². The molecule has 0 saturated carbocycles. The van der Waals surface area contributed by atoms with Gasteiger partial charge in [0.05, 0.1) is 24.9 Å². The molecule has 0 bridgehead atoms. The molecule has 0 aliphatic heterocycles. The van der Waals surface area contributed by atoms with Gasteiger partial charge in [0.15, 0.2) is 11.5 Å². The normalized spacial score (nSPS) is 11.4. The molecule has 0 aliphatic rings. The molecule has 0 saturated heterocycles. The van der Waals surface area contributed by atoms with Gasteiger partial charge in [0.25, 0.3) is 0 Å². The molecule has 3 aromatic heterocycles. The van der Waals surface area contributed by atoms with Crippen LogP contribution in [0.1, 0.15) is 31.0 Å². The largest absolute Gasteiger partial charge is 0.382 e. The number of hydrogen-bond acceptors (Lipinski definition) is 5. The van der Waals surface area contributed by atoms with E-state index in [1.807, 2.05) is 29.7 Å². The first kappa shape index (κ1) is 18.2. The first-order valence-corrected chi connectivity index (χ1v) is 9.41. The highest BCUT2D eigenvalue weighted by molar-refractivity contribution is 6.31. The number of fused-ring (bicyclic) bond motifs is 2. The number of nitrogen functional groups attached to an aromatic ring is 1. The van der Waals surface area contributed by atoms with Crippen molar-refractivity contribution < 1.29 is 4.79 Å². The van der Waals surface area contributed by atoms with E-state index in [9.17, 15) is 4.79 Å². The van der Waals surface area contributed by atoms with Gasteiger partial charge in [-0.3, -0.25) is 4.79 Å². The number of nitrogens with one attached hydrogen (secondary N) is 2. The molecule has 0 unspecified atom stereocenters. The van der Waals surface area contributed by atoms with Crippen LogP contribution in [-0.4, -0.2) is 30.4 Å². The SMILES string of the molecule is CCCC(=O)NCc1cc2cc(Cl)cc(Cn3cnc4c(N)ncnc43)c2[nH]1. The number of halogens is 1. The minimum absolute atomic E-state index is 0.0431. The Morgan fingerprint density at radius 1 is 1.29 bits per heavy atom. The molecule has 4 rings (SSSR count). The fourth-order valence-corrected chi connectivity index (χ4v) is 3.51. The van der Waals surface area contributed by atoms with Crippen LogP contribution in [-0.2, 0) is 17.9 Å². The molecule has 1 amide bonds. The number of aromatic amines is 1. The lowest BCUT2D eigenvalue weighted by Crippen LogP contribution is -2.22. The number of hydrogen-bond donors (Lipinski definition) is 3. The van der Waals surface area contributed by atoms with Crippen LogP contribution in [0.2, 0.25) is 5.02 Å². The number of carbonyl (C=O) groups excluding carboxylic acids is 1. The van der Waals surface area contributed by atoms with Gasteiger partial charge in [-0.05, 0) is 30.2 Å². The summed E-state index contributed by atoms with van der Waals surface area (Å²) in [7, 11) is 0. The lowest BCUT2D eigenvalue weighted by Gasteiger charge is -2.07. The van der Waals surface area contributed by atoms with Crippen LogP contribution in [0.25, 0.3) is 22.1 Å². The lowest BCUT2D eigenvalue weighted by molar-refractivity contribution is -0.121.